The molecule has 0 unspecified atom stereocenters. The molecule has 3 aromatic rings. The van der Waals surface area contributed by atoms with Crippen molar-refractivity contribution >= 4 is 32.4 Å². The van der Waals surface area contributed by atoms with E-state index in [1.165, 1.54) is 24.3 Å². The Morgan fingerprint density at radius 1 is 1.10 bits per heavy atom. The van der Waals surface area contributed by atoms with Gasteiger partial charge in [-0.2, -0.15) is 0 Å². The number of halogens is 1. The van der Waals surface area contributed by atoms with Gasteiger partial charge < -0.3 is 4.74 Å². The lowest BCUT2D eigenvalue weighted by atomic mass is 10.1. The van der Waals surface area contributed by atoms with Crippen molar-refractivity contribution in [2.45, 2.75) is 11.3 Å². The van der Waals surface area contributed by atoms with Gasteiger partial charge >= 0.3 is 0 Å². The second-order valence-corrected chi connectivity index (χ2v) is 8.81. The van der Waals surface area contributed by atoms with Crippen LogP contribution in [0, 0.1) is 12.7 Å². The van der Waals surface area contributed by atoms with Crippen molar-refractivity contribution in [1.29, 1.82) is 0 Å². The van der Waals surface area contributed by atoms with Crippen LogP contribution in [0.5, 0.6) is 5.75 Å². The number of benzene rings is 2. The summed E-state index contributed by atoms with van der Waals surface area (Å²) in [5.74, 6) is -0.382. The minimum atomic E-state index is -3.90. The highest BCUT2D eigenvalue weighted by Crippen LogP contribution is 2.20. The van der Waals surface area contributed by atoms with Crippen LogP contribution in [0.2, 0.25) is 0 Å². The summed E-state index contributed by atoms with van der Waals surface area (Å²) in [6.07, 6.45) is 0. The molecule has 29 heavy (non-hydrogen) atoms. The second kappa shape index (κ2) is 9.07. The number of carbonyl (C=O) groups excluding carboxylic acids is 1. The van der Waals surface area contributed by atoms with Gasteiger partial charge in [0.25, 0.3) is 15.9 Å². The molecule has 11 heteroatoms. The van der Waals surface area contributed by atoms with Crippen molar-refractivity contribution in [2.75, 3.05) is 18.5 Å². The quantitative estimate of drug-likeness (QED) is 0.415. The van der Waals surface area contributed by atoms with Gasteiger partial charge in [0, 0.05) is 12.1 Å². The van der Waals surface area contributed by atoms with Crippen molar-refractivity contribution in [3.8, 4) is 5.75 Å². The molecule has 0 fully saturated rings. The molecule has 0 spiro atoms. The summed E-state index contributed by atoms with van der Waals surface area (Å²) in [6, 6.07) is 12.3. The average molecular weight is 436 g/mol. The highest BCUT2D eigenvalue weighted by Gasteiger charge is 2.20. The summed E-state index contributed by atoms with van der Waals surface area (Å²) in [6.45, 7) is 1.92. The van der Waals surface area contributed by atoms with Crippen LogP contribution in [0.3, 0.4) is 0 Å². The molecule has 1 amide bonds. The number of anilines is 1. The van der Waals surface area contributed by atoms with Crippen molar-refractivity contribution in [1.82, 2.24) is 14.9 Å². The lowest BCUT2D eigenvalue weighted by molar-refractivity contribution is 0.102. The van der Waals surface area contributed by atoms with Crippen molar-refractivity contribution in [2.24, 2.45) is 0 Å². The van der Waals surface area contributed by atoms with Gasteiger partial charge in [-0.05, 0) is 43.3 Å². The fourth-order valence-corrected chi connectivity index (χ4v) is 4.13. The van der Waals surface area contributed by atoms with Crippen LogP contribution in [0.1, 0.15) is 15.9 Å². The van der Waals surface area contributed by atoms with E-state index in [1.54, 1.807) is 24.3 Å². The van der Waals surface area contributed by atoms with Crippen LogP contribution >= 0.6 is 11.3 Å². The number of carbonyl (C=O) groups is 1. The summed E-state index contributed by atoms with van der Waals surface area (Å²) in [5.41, 5.74) is 1.44. The Balaban J connectivity index is 1.53. The summed E-state index contributed by atoms with van der Waals surface area (Å²) in [5, 5.41) is 9.91. The minimum absolute atomic E-state index is 0.0235. The van der Waals surface area contributed by atoms with E-state index in [0.717, 1.165) is 16.9 Å². The molecule has 0 bridgehead atoms. The van der Waals surface area contributed by atoms with Crippen LogP contribution in [-0.4, -0.2) is 37.7 Å². The van der Waals surface area contributed by atoms with Gasteiger partial charge in [0.2, 0.25) is 9.47 Å². The zero-order chi connectivity index (χ0) is 20.9. The van der Waals surface area contributed by atoms with Gasteiger partial charge in [-0.15, -0.1) is 10.2 Å². The van der Waals surface area contributed by atoms with E-state index in [-0.39, 0.29) is 28.4 Å². The molecule has 152 valence electrons. The molecule has 1 aromatic heterocycles. The van der Waals surface area contributed by atoms with Gasteiger partial charge in [0.05, 0.1) is 0 Å². The molecule has 8 nitrogen and oxygen atoms in total. The standard InChI is InChI=1S/C18H17FN4O4S2/c1-12-2-4-13(5-3-12)16(24)21-17-22-23-18(28-17)29(25,26)20-10-11-27-15-8-6-14(19)7-9-15/h2-9,20H,10-11H2,1H3,(H,21,22,24). The number of sulfonamides is 1. The fraction of sp³-hybridized carbons (Fsp3) is 0.167. The number of aryl methyl sites for hydroxylation is 1. The number of nitrogens with zero attached hydrogens (tertiary/aromatic N) is 2. The Bertz CT molecular complexity index is 1080. The van der Waals surface area contributed by atoms with Gasteiger partial charge in [-0.3, -0.25) is 10.1 Å². The van der Waals surface area contributed by atoms with E-state index in [0.29, 0.717) is 11.3 Å². The predicted octanol–water partition coefficient (Wildman–Crippen LogP) is 2.60. The van der Waals surface area contributed by atoms with Crippen LogP contribution < -0.4 is 14.8 Å². The topological polar surface area (TPSA) is 110 Å². The largest absolute Gasteiger partial charge is 0.492 e. The number of hydrogen-bond acceptors (Lipinski definition) is 7. The third-order valence-electron chi connectivity index (χ3n) is 3.65. The SMILES string of the molecule is Cc1ccc(C(=O)Nc2nnc(S(=O)(=O)NCCOc3ccc(F)cc3)s2)cc1. The fourth-order valence-electron chi connectivity index (χ4n) is 2.18. The number of amides is 1. The number of hydrogen-bond donors (Lipinski definition) is 2. The Kier molecular flexibility index (Phi) is 6.52. The lowest BCUT2D eigenvalue weighted by Crippen LogP contribution is -2.28. The van der Waals surface area contributed by atoms with E-state index in [9.17, 15) is 17.6 Å². The van der Waals surface area contributed by atoms with E-state index in [2.05, 4.69) is 20.2 Å². The molecule has 0 aliphatic rings. The molecule has 2 N–H and O–H groups in total. The van der Waals surface area contributed by atoms with Gasteiger partial charge in [0.15, 0.2) is 0 Å². The normalized spacial score (nSPS) is 11.2. The van der Waals surface area contributed by atoms with Crippen molar-refractivity contribution < 1.29 is 22.3 Å². The summed E-state index contributed by atoms with van der Waals surface area (Å²) in [7, 11) is -3.90. The smallest absolute Gasteiger partial charge is 0.269 e. The van der Waals surface area contributed by atoms with Gasteiger partial charge in [-0.1, -0.05) is 29.0 Å². The molecule has 0 aliphatic heterocycles. The van der Waals surface area contributed by atoms with E-state index in [1.807, 2.05) is 6.92 Å². The Labute approximate surface area is 170 Å². The molecule has 3 rings (SSSR count). The Hall–Kier alpha value is -2.89. The lowest BCUT2D eigenvalue weighted by Gasteiger charge is -2.06. The van der Waals surface area contributed by atoms with Crippen LogP contribution in [-0.2, 0) is 10.0 Å². The molecule has 0 atom stereocenters. The summed E-state index contributed by atoms with van der Waals surface area (Å²) < 4.78 is 44.7. The molecule has 0 radical (unpaired) electrons. The van der Waals surface area contributed by atoms with Crippen molar-refractivity contribution in [3.63, 3.8) is 0 Å². The average Bonchev–Trinajstić information content (AvgIpc) is 3.16. The van der Waals surface area contributed by atoms with Crippen LogP contribution in [0.4, 0.5) is 9.52 Å². The van der Waals surface area contributed by atoms with Crippen LogP contribution in [0.25, 0.3) is 0 Å². The highest BCUT2D eigenvalue weighted by atomic mass is 32.2. The van der Waals surface area contributed by atoms with Gasteiger partial charge in [0.1, 0.15) is 18.2 Å². The number of ether oxygens (including phenoxy) is 1. The van der Waals surface area contributed by atoms with Crippen LogP contribution in [0.15, 0.2) is 52.9 Å². The zero-order valence-corrected chi connectivity index (χ0v) is 16.9. The summed E-state index contributed by atoms with van der Waals surface area (Å²) in [4.78, 5) is 12.2. The van der Waals surface area contributed by atoms with E-state index >= 15 is 0 Å². The maximum atomic E-state index is 12.8. The van der Waals surface area contributed by atoms with Crippen molar-refractivity contribution in [3.05, 3.63) is 65.5 Å². The third kappa shape index (κ3) is 5.79. The minimum Gasteiger partial charge on any atom is -0.492 e. The second-order valence-electron chi connectivity index (χ2n) is 5.89. The number of rotatable bonds is 8. The number of nitrogens with one attached hydrogen (secondary N) is 2. The van der Waals surface area contributed by atoms with Gasteiger partial charge in [-0.25, -0.2) is 17.5 Å². The first-order chi connectivity index (χ1) is 13.8. The molecule has 1 heterocycles. The monoisotopic (exact) mass is 436 g/mol. The Morgan fingerprint density at radius 2 is 1.79 bits per heavy atom. The first-order valence-electron chi connectivity index (χ1n) is 8.43. The number of aromatic nitrogens is 2. The maximum Gasteiger partial charge on any atom is 0.269 e. The highest BCUT2D eigenvalue weighted by molar-refractivity contribution is 7.91. The Morgan fingerprint density at radius 3 is 2.48 bits per heavy atom. The van der Waals surface area contributed by atoms with E-state index in [4.69, 9.17) is 4.74 Å². The van der Waals surface area contributed by atoms with E-state index < -0.39 is 15.9 Å². The zero-order valence-electron chi connectivity index (χ0n) is 15.3. The molecule has 0 aliphatic carbocycles. The molecule has 2 aromatic carbocycles. The molecular weight excluding hydrogens is 419 g/mol. The predicted molar refractivity (Wildman–Crippen MR) is 106 cm³/mol. The molecular formula is C18H17FN4O4S2. The first kappa shape index (κ1) is 20.8. The summed E-state index contributed by atoms with van der Waals surface area (Å²) >= 11 is 0.735. The maximum absolute atomic E-state index is 12.8. The first-order valence-corrected chi connectivity index (χ1v) is 10.7. The molecule has 0 saturated heterocycles. The third-order valence-corrected chi connectivity index (χ3v) is 6.31. The molecule has 0 saturated carbocycles.